The number of nitrogens with one attached hydrogen (secondary N) is 1. The molecule has 2 nitrogen and oxygen atoms in total. The van der Waals surface area contributed by atoms with Gasteiger partial charge in [-0.3, -0.25) is 0 Å². The summed E-state index contributed by atoms with van der Waals surface area (Å²) in [6.45, 7) is 5.19. The summed E-state index contributed by atoms with van der Waals surface area (Å²) in [5, 5.41) is 4.18. The monoisotopic (exact) mass is 360 g/mol. The van der Waals surface area contributed by atoms with Gasteiger partial charge in [-0.1, -0.05) is 11.6 Å². The van der Waals surface area contributed by atoms with Crippen molar-refractivity contribution in [1.29, 1.82) is 0 Å². The van der Waals surface area contributed by atoms with Crippen molar-refractivity contribution < 1.29 is 4.39 Å². The van der Waals surface area contributed by atoms with Crippen molar-refractivity contribution in [3.63, 3.8) is 0 Å². The maximum Gasteiger partial charge on any atom is 0.125 e. The maximum atomic E-state index is 13.4. The van der Waals surface area contributed by atoms with Gasteiger partial charge in [-0.2, -0.15) is 0 Å². The second-order valence-electron chi connectivity index (χ2n) is 6.11. The van der Waals surface area contributed by atoms with Crippen LogP contribution in [-0.2, 0) is 0 Å². The number of rotatable bonds is 2. The highest BCUT2D eigenvalue weighted by atomic mass is 79.9. The smallest absolute Gasteiger partial charge is 0.125 e. The van der Waals surface area contributed by atoms with Crippen LogP contribution in [0, 0.1) is 11.7 Å². The van der Waals surface area contributed by atoms with E-state index in [1.54, 1.807) is 0 Å². The summed E-state index contributed by atoms with van der Waals surface area (Å²) in [4.78, 5) is 2.30. The fourth-order valence-electron chi connectivity index (χ4n) is 3.20. The fourth-order valence-corrected chi connectivity index (χ4v) is 4.32. The van der Waals surface area contributed by atoms with Gasteiger partial charge in [0.2, 0.25) is 0 Å². The van der Waals surface area contributed by atoms with E-state index in [1.807, 2.05) is 0 Å². The van der Waals surface area contributed by atoms with E-state index in [4.69, 9.17) is 11.6 Å². The molecule has 20 heavy (non-hydrogen) atoms. The highest BCUT2D eigenvalue weighted by molar-refractivity contribution is 9.10. The van der Waals surface area contributed by atoms with Crippen LogP contribution in [-0.4, -0.2) is 25.2 Å². The van der Waals surface area contributed by atoms with Crippen molar-refractivity contribution in [3.8, 4) is 0 Å². The molecule has 1 heterocycles. The Balaban J connectivity index is 1.92. The lowest BCUT2D eigenvalue weighted by Crippen LogP contribution is -2.51. The Bertz CT molecular complexity index is 498. The predicted octanol–water partition coefficient (Wildman–Crippen LogP) is 4.21. The Morgan fingerprint density at radius 1 is 1.45 bits per heavy atom. The number of hydrogen-bond acceptors (Lipinski definition) is 2. The summed E-state index contributed by atoms with van der Waals surface area (Å²) >= 11 is 9.74. The summed E-state index contributed by atoms with van der Waals surface area (Å²) in [6, 6.07) is 2.89. The van der Waals surface area contributed by atoms with E-state index in [0.29, 0.717) is 5.02 Å². The first kappa shape index (κ1) is 14.6. The lowest BCUT2D eigenvalue weighted by Gasteiger charge is -2.35. The van der Waals surface area contributed by atoms with Gasteiger partial charge in [0.1, 0.15) is 5.82 Å². The minimum atomic E-state index is -0.302. The van der Waals surface area contributed by atoms with Crippen LogP contribution in [0.3, 0.4) is 0 Å². The Hall–Kier alpha value is -0.320. The van der Waals surface area contributed by atoms with E-state index in [-0.39, 0.29) is 11.4 Å². The Morgan fingerprint density at radius 2 is 2.20 bits per heavy atom. The standard InChI is InChI=1S/C15H19BrClFN2/c1-15(10-3-4-10)9-20(6-2-5-19-15)14-12(16)7-11(18)8-13(14)17/h7-8,10,19H,2-6,9H2,1H3. The van der Waals surface area contributed by atoms with Gasteiger partial charge in [-0.15, -0.1) is 0 Å². The quantitative estimate of drug-likeness (QED) is 0.849. The van der Waals surface area contributed by atoms with Crippen LogP contribution in [0.1, 0.15) is 26.2 Å². The van der Waals surface area contributed by atoms with Crippen LogP contribution in [0.2, 0.25) is 5.02 Å². The summed E-state index contributed by atoms with van der Waals surface area (Å²) in [7, 11) is 0. The van der Waals surface area contributed by atoms with Crippen LogP contribution < -0.4 is 10.2 Å². The van der Waals surface area contributed by atoms with Crippen LogP contribution in [0.4, 0.5) is 10.1 Å². The zero-order valence-corrected chi connectivity index (χ0v) is 13.9. The molecule has 0 amide bonds. The molecule has 2 aliphatic rings. The molecule has 0 aromatic heterocycles. The lowest BCUT2D eigenvalue weighted by molar-refractivity contribution is 0.331. The molecule has 1 saturated carbocycles. The second-order valence-corrected chi connectivity index (χ2v) is 7.37. The highest BCUT2D eigenvalue weighted by Crippen LogP contribution is 2.43. The van der Waals surface area contributed by atoms with Crippen LogP contribution in [0.25, 0.3) is 0 Å². The number of nitrogens with zero attached hydrogens (tertiary/aromatic N) is 1. The van der Waals surface area contributed by atoms with Gasteiger partial charge in [0.25, 0.3) is 0 Å². The number of hydrogen-bond donors (Lipinski definition) is 1. The van der Waals surface area contributed by atoms with Crippen molar-refractivity contribution in [2.75, 3.05) is 24.5 Å². The van der Waals surface area contributed by atoms with Gasteiger partial charge in [0.05, 0.1) is 10.7 Å². The SMILES string of the molecule is CC1(C2CC2)CN(c2c(Cl)cc(F)cc2Br)CCCN1. The van der Waals surface area contributed by atoms with Gasteiger partial charge in [-0.25, -0.2) is 4.39 Å². The predicted molar refractivity (Wildman–Crippen MR) is 85.1 cm³/mol. The highest BCUT2D eigenvalue weighted by Gasteiger charge is 2.43. The van der Waals surface area contributed by atoms with E-state index in [0.717, 1.165) is 42.1 Å². The van der Waals surface area contributed by atoms with Crippen LogP contribution >= 0.6 is 27.5 Å². The Kier molecular flexibility index (Phi) is 3.99. The maximum absolute atomic E-state index is 13.4. The number of anilines is 1. The van der Waals surface area contributed by atoms with E-state index in [2.05, 4.69) is 33.1 Å². The third-order valence-electron chi connectivity index (χ3n) is 4.43. The molecule has 1 N–H and O–H groups in total. The first-order valence-electron chi connectivity index (χ1n) is 7.14. The van der Waals surface area contributed by atoms with Gasteiger partial charge in [0, 0.05) is 23.1 Å². The van der Waals surface area contributed by atoms with E-state index < -0.39 is 0 Å². The molecule has 110 valence electrons. The molecule has 1 saturated heterocycles. The fraction of sp³-hybridized carbons (Fsp3) is 0.600. The van der Waals surface area contributed by atoms with Gasteiger partial charge in [-0.05, 0) is 66.7 Å². The molecule has 1 aromatic rings. The molecule has 0 radical (unpaired) electrons. The minimum Gasteiger partial charge on any atom is -0.368 e. The zero-order chi connectivity index (χ0) is 14.3. The summed E-state index contributed by atoms with van der Waals surface area (Å²) in [5.74, 6) is 0.449. The molecule has 1 atom stereocenters. The van der Waals surface area contributed by atoms with Crippen molar-refractivity contribution in [1.82, 2.24) is 5.32 Å². The molecule has 1 aliphatic heterocycles. The summed E-state index contributed by atoms with van der Waals surface area (Å²) < 4.78 is 14.1. The molecule has 0 bridgehead atoms. The Morgan fingerprint density at radius 3 is 2.85 bits per heavy atom. The summed E-state index contributed by atoms with van der Waals surface area (Å²) in [5.41, 5.74) is 1.05. The molecule has 0 spiro atoms. The molecule has 1 aliphatic carbocycles. The molecule has 2 fully saturated rings. The number of halogens is 3. The molecule has 5 heteroatoms. The molecular weight excluding hydrogens is 343 g/mol. The first-order valence-corrected chi connectivity index (χ1v) is 8.31. The van der Waals surface area contributed by atoms with Gasteiger partial charge in [0.15, 0.2) is 0 Å². The topological polar surface area (TPSA) is 15.3 Å². The molecule has 1 unspecified atom stereocenters. The van der Waals surface area contributed by atoms with E-state index >= 15 is 0 Å². The van der Waals surface area contributed by atoms with Crippen molar-refractivity contribution in [2.45, 2.75) is 31.7 Å². The van der Waals surface area contributed by atoms with Crippen LogP contribution in [0.5, 0.6) is 0 Å². The second kappa shape index (κ2) is 5.47. The third-order valence-corrected chi connectivity index (χ3v) is 5.32. The average Bonchev–Trinajstić information content (AvgIpc) is 3.15. The van der Waals surface area contributed by atoms with Crippen molar-refractivity contribution in [2.24, 2.45) is 5.92 Å². The van der Waals surface area contributed by atoms with E-state index in [1.165, 1.54) is 25.0 Å². The zero-order valence-electron chi connectivity index (χ0n) is 11.6. The lowest BCUT2D eigenvalue weighted by atomic mass is 9.95. The van der Waals surface area contributed by atoms with E-state index in [9.17, 15) is 4.39 Å². The molecular formula is C15H19BrClFN2. The molecule has 1 aromatic carbocycles. The molecule has 3 rings (SSSR count). The van der Waals surface area contributed by atoms with Gasteiger partial charge >= 0.3 is 0 Å². The Labute approximate surface area is 132 Å². The largest absolute Gasteiger partial charge is 0.368 e. The van der Waals surface area contributed by atoms with Gasteiger partial charge < -0.3 is 10.2 Å². The first-order chi connectivity index (χ1) is 9.49. The normalized spacial score (nSPS) is 27.5. The number of benzene rings is 1. The van der Waals surface area contributed by atoms with Crippen molar-refractivity contribution >= 4 is 33.2 Å². The van der Waals surface area contributed by atoms with Crippen molar-refractivity contribution in [3.05, 3.63) is 27.4 Å². The summed E-state index contributed by atoms with van der Waals surface area (Å²) in [6.07, 6.45) is 3.67. The van der Waals surface area contributed by atoms with Crippen LogP contribution in [0.15, 0.2) is 16.6 Å². The third kappa shape index (κ3) is 2.83. The minimum absolute atomic E-state index is 0.133. The average molecular weight is 362 g/mol.